The number of likely N-dealkylation sites (tertiary alicyclic amines) is 1. The van der Waals surface area contributed by atoms with Gasteiger partial charge in [-0.15, -0.1) is 0 Å². The fourth-order valence-electron chi connectivity index (χ4n) is 4.26. The summed E-state index contributed by atoms with van der Waals surface area (Å²) in [5, 5.41) is 3.94. The van der Waals surface area contributed by atoms with E-state index >= 15 is 0 Å². The SMILES string of the molecule is CCOC(=O)[C@@H]1CCCN(C(=O)c2cc3nc(-c4ccc5c(c4)OCO5)cc(C(F)(F)F)n3n2)C1. The summed E-state index contributed by atoms with van der Waals surface area (Å²) in [6.45, 7) is 2.44. The molecule has 2 aliphatic rings. The maximum atomic E-state index is 13.9. The first-order valence-corrected chi connectivity index (χ1v) is 11.1. The molecule has 4 heterocycles. The normalized spacial score (nSPS) is 17.6. The van der Waals surface area contributed by atoms with E-state index in [4.69, 9.17) is 14.2 Å². The average molecular weight is 490 g/mol. The van der Waals surface area contributed by atoms with Crippen molar-refractivity contribution in [2.45, 2.75) is 25.9 Å². The van der Waals surface area contributed by atoms with E-state index in [1.807, 2.05) is 0 Å². The maximum absolute atomic E-state index is 13.9. The number of piperidine rings is 1. The van der Waals surface area contributed by atoms with Crippen LogP contribution in [0.1, 0.15) is 35.9 Å². The number of hydrogen-bond donors (Lipinski definition) is 0. The van der Waals surface area contributed by atoms with Crippen LogP contribution in [0.2, 0.25) is 0 Å². The molecule has 0 radical (unpaired) electrons. The summed E-state index contributed by atoms with van der Waals surface area (Å²) in [6.07, 6.45) is -3.60. The Morgan fingerprint density at radius 3 is 2.74 bits per heavy atom. The number of ether oxygens (including phenoxy) is 3. The summed E-state index contributed by atoms with van der Waals surface area (Å²) in [7, 11) is 0. The van der Waals surface area contributed by atoms with Crippen molar-refractivity contribution < 1.29 is 37.0 Å². The van der Waals surface area contributed by atoms with Gasteiger partial charge in [-0.2, -0.15) is 18.3 Å². The number of amides is 1. The van der Waals surface area contributed by atoms with E-state index in [0.29, 0.717) is 41.0 Å². The van der Waals surface area contributed by atoms with Crippen molar-refractivity contribution in [2.75, 3.05) is 26.5 Å². The lowest BCUT2D eigenvalue weighted by Gasteiger charge is -2.31. The first-order valence-electron chi connectivity index (χ1n) is 11.1. The Morgan fingerprint density at radius 1 is 1.17 bits per heavy atom. The number of alkyl halides is 3. The Hall–Kier alpha value is -3.83. The van der Waals surface area contributed by atoms with E-state index in [1.165, 1.54) is 11.0 Å². The highest BCUT2D eigenvalue weighted by atomic mass is 19.4. The predicted molar refractivity (Wildman–Crippen MR) is 115 cm³/mol. The number of hydrogen-bond acceptors (Lipinski definition) is 7. The minimum atomic E-state index is -4.75. The molecule has 3 aromatic rings. The molecule has 1 atom stereocenters. The van der Waals surface area contributed by atoms with Gasteiger partial charge in [0.1, 0.15) is 0 Å². The van der Waals surface area contributed by atoms with Gasteiger partial charge in [0.15, 0.2) is 28.5 Å². The van der Waals surface area contributed by atoms with Crippen molar-refractivity contribution >= 4 is 17.5 Å². The summed E-state index contributed by atoms with van der Waals surface area (Å²) in [4.78, 5) is 30.9. The van der Waals surface area contributed by atoms with Crippen LogP contribution in [0.25, 0.3) is 16.9 Å². The van der Waals surface area contributed by atoms with Crippen molar-refractivity contribution in [3.63, 3.8) is 0 Å². The van der Waals surface area contributed by atoms with Gasteiger partial charge in [-0.1, -0.05) is 0 Å². The van der Waals surface area contributed by atoms with Crippen molar-refractivity contribution in [2.24, 2.45) is 5.92 Å². The van der Waals surface area contributed by atoms with Crippen molar-refractivity contribution in [1.29, 1.82) is 0 Å². The monoisotopic (exact) mass is 490 g/mol. The Morgan fingerprint density at radius 2 is 1.97 bits per heavy atom. The number of fused-ring (bicyclic) bond motifs is 2. The number of carbonyl (C=O) groups excluding carboxylic acids is 2. The minimum absolute atomic E-state index is 0.0284. The molecular weight excluding hydrogens is 469 g/mol. The minimum Gasteiger partial charge on any atom is -0.466 e. The maximum Gasteiger partial charge on any atom is 0.433 e. The molecule has 1 saturated heterocycles. The second-order valence-electron chi connectivity index (χ2n) is 8.23. The van der Waals surface area contributed by atoms with Gasteiger partial charge in [-0.05, 0) is 44.0 Å². The van der Waals surface area contributed by atoms with Gasteiger partial charge in [-0.25, -0.2) is 9.50 Å². The number of rotatable bonds is 4. The molecule has 0 N–H and O–H groups in total. The molecule has 0 aliphatic carbocycles. The number of carbonyl (C=O) groups is 2. The van der Waals surface area contributed by atoms with Crippen molar-refractivity contribution in [3.8, 4) is 22.8 Å². The third-order valence-corrected chi connectivity index (χ3v) is 5.93. The standard InChI is InChI=1S/C23H21F3N4O5/c1-2-33-22(32)14-4-3-7-29(11-14)21(31)16-10-20-27-15(9-19(23(24,25)26)30(20)28-16)13-5-6-17-18(8-13)35-12-34-17/h5-6,8-10,14H,2-4,7,11-12H2,1H3/t14-/m1/s1. The molecule has 0 unspecified atom stereocenters. The Labute approximate surface area is 197 Å². The van der Waals surface area contributed by atoms with Gasteiger partial charge in [0, 0.05) is 24.7 Å². The summed E-state index contributed by atoms with van der Waals surface area (Å²) < 4.78 is 58.0. The highest BCUT2D eigenvalue weighted by Crippen LogP contribution is 2.37. The van der Waals surface area contributed by atoms with Gasteiger partial charge < -0.3 is 19.1 Å². The molecule has 35 heavy (non-hydrogen) atoms. The molecule has 2 aliphatic heterocycles. The van der Waals surface area contributed by atoms with E-state index in [2.05, 4.69) is 10.1 Å². The van der Waals surface area contributed by atoms with Crippen LogP contribution in [-0.4, -0.2) is 57.9 Å². The van der Waals surface area contributed by atoms with E-state index in [9.17, 15) is 22.8 Å². The van der Waals surface area contributed by atoms with Gasteiger partial charge in [0.05, 0.1) is 18.2 Å². The summed E-state index contributed by atoms with van der Waals surface area (Å²) >= 11 is 0. The first-order chi connectivity index (χ1) is 16.7. The first kappa shape index (κ1) is 22.9. The highest BCUT2D eigenvalue weighted by molar-refractivity contribution is 5.94. The van der Waals surface area contributed by atoms with Crippen LogP contribution in [0.15, 0.2) is 30.3 Å². The fraction of sp³-hybridized carbons (Fsp3) is 0.391. The van der Waals surface area contributed by atoms with Crippen LogP contribution >= 0.6 is 0 Å². The Kier molecular flexibility index (Phi) is 5.73. The molecular formula is C23H21F3N4O5. The lowest BCUT2D eigenvalue weighted by Crippen LogP contribution is -2.43. The molecule has 1 aromatic carbocycles. The van der Waals surface area contributed by atoms with E-state index in [1.54, 1.807) is 25.1 Å². The number of halogens is 3. The third kappa shape index (κ3) is 4.35. The van der Waals surface area contributed by atoms with Crippen molar-refractivity contribution in [3.05, 3.63) is 41.7 Å². The second-order valence-corrected chi connectivity index (χ2v) is 8.23. The summed E-state index contributed by atoms with van der Waals surface area (Å²) in [6, 6.07) is 6.83. The number of benzene rings is 1. The van der Waals surface area contributed by atoms with Crippen LogP contribution in [0.5, 0.6) is 11.5 Å². The molecule has 9 nitrogen and oxygen atoms in total. The zero-order chi connectivity index (χ0) is 24.7. The van der Waals surface area contributed by atoms with Gasteiger partial charge in [0.2, 0.25) is 6.79 Å². The topological polar surface area (TPSA) is 95.3 Å². The predicted octanol–water partition coefficient (Wildman–Crippen LogP) is 3.56. The molecule has 184 valence electrons. The molecule has 1 amide bonds. The van der Waals surface area contributed by atoms with Crippen LogP contribution in [0.4, 0.5) is 13.2 Å². The van der Waals surface area contributed by atoms with Crippen LogP contribution in [-0.2, 0) is 15.7 Å². The summed E-state index contributed by atoms with van der Waals surface area (Å²) in [5.41, 5.74) is -0.950. The molecule has 0 spiro atoms. The van der Waals surface area contributed by atoms with Crippen LogP contribution < -0.4 is 9.47 Å². The van der Waals surface area contributed by atoms with E-state index in [0.717, 1.165) is 6.07 Å². The van der Waals surface area contributed by atoms with Crippen LogP contribution in [0, 0.1) is 5.92 Å². The fourth-order valence-corrected chi connectivity index (χ4v) is 4.26. The van der Waals surface area contributed by atoms with Gasteiger partial charge >= 0.3 is 12.1 Å². The van der Waals surface area contributed by atoms with Gasteiger partial charge in [0.25, 0.3) is 5.91 Å². The molecule has 1 fully saturated rings. The average Bonchev–Trinajstić information content (AvgIpc) is 3.49. The molecule has 0 saturated carbocycles. The lowest BCUT2D eigenvalue weighted by atomic mass is 9.98. The summed E-state index contributed by atoms with van der Waals surface area (Å²) in [5.74, 6) is -0.545. The zero-order valence-electron chi connectivity index (χ0n) is 18.7. The quantitative estimate of drug-likeness (QED) is 0.516. The number of aromatic nitrogens is 3. The Bertz CT molecular complexity index is 1310. The molecule has 0 bridgehead atoms. The largest absolute Gasteiger partial charge is 0.466 e. The van der Waals surface area contributed by atoms with Crippen LogP contribution in [0.3, 0.4) is 0 Å². The lowest BCUT2D eigenvalue weighted by molar-refractivity contribution is -0.149. The van der Waals surface area contributed by atoms with Crippen molar-refractivity contribution in [1.82, 2.24) is 19.5 Å². The Balaban J connectivity index is 1.50. The third-order valence-electron chi connectivity index (χ3n) is 5.93. The van der Waals surface area contributed by atoms with E-state index in [-0.39, 0.29) is 37.0 Å². The number of esters is 1. The van der Waals surface area contributed by atoms with Gasteiger partial charge in [-0.3, -0.25) is 9.59 Å². The van der Waals surface area contributed by atoms with E-state index < -0.39 is 29.7 Å². The second kappa shape index (κ2) is 8.75. The smallest absolute Gasteiger partial charge is 0.433 e. The zero-order valence-corrected chi connectivity index (χ0v) is 18.7. The highest BCUT2D eigenvalue weighted by Gasteiger charge is 2.37. The number of nitrogens with zero attached hydrogens (tertiary/aromatic N) is 4. The molecule has 12 heteroatoms. The molecule has 2 aromatic heterocycles. The molecule has 5 rings (SSSR count).